The van der Waals surface area contributed by atoms with Crippen LogP contribution in [0.25, 0.3) is 0 Å². The largest absolute Gasteiger partial charge is 0.450 e. The minimum absolute atomic E-state index is 0.103. The predicted octanol–water partition coefficient (Wildman–Crippen LogP) is 2.68. The van der Waals surface area contributed by atoms with Crippen LogP contribution in [0.15, 0.2) is 30.5 Å². The van der Waals surface area contributed by atoms with Crippen molar-refractivity contribution in [3.63, 3.8) is 0 Å². The van der Waals surface area contributed by atoms with E-state index in [1.807, 2.05) is 0 Å². The van der Waals surface area contributed by atoms with Crippen LogP contribution in [0.4, 0.5) is 5.69 Å². The van der Waals surface area contributed by atoms with Crippen LogP contribution < -0.4 is 10.5 Å². The van der Waals surface area contributed by atoms with Crippen LogP contribution in [0.2, 0.25) is 0 Å². The van der Waals surface area contributed by atoms with E-state index < -0.39 is 4.92 Å². The van der Waals surface area contributed by atoms with Gasteiger partial charge in [0.05, 0.1) is 4.92 Å². The van der Waals surface area contributed by atoms with Gasteiger partial charge in [-0.25, -0.2) is 0 Å². The minimum atomic E-state index is -0.484. The van der Waals surface area contributed by atoms with Gasteiger partial charge in [-0.3, -0.25) is 20.5 Å². The van der Waals surface area contributed by atoms with E-state index in [2.05, 4.69) is 4.98 Å². The molecule has 0 aliphatic heterocycles. The average Bonchev–Trinajstić information content (AvgIpc) is 2.41. The maximum atomic E-state index is 11.2. The fourth-order valence-electron chi connectivity index (χ4n) is 1.94. The van der Waals surface area contributed by atoms with E-state index in [0.717, 1.165) is 5.56 Å². The van der Waals surface area contributed by atoms with Crippen LogP contribution in [0.5, 0.6) is 11.5 Å². The first-order valence-corrected chi connectivity index (χ1v) is 6.12. The average molecular weight is 286 g/mol. The molecule has 0 amide bonds. The van der Waals surface area contributed by atoms with Crippen LogP contribution in [0.1, 0.15) is 16.8 Å². The second-order valence-electron chi connectivity index (χ2n) is 4.58. The molecule has 1 aromatic carbocycles. The zero-order valence-corrected chi connectivity index (χ0v) is 11.6. The molecule has 0 spiro atoms. The summed E-state index contributed by atoms with van der Waals surface area (Å²) < 4.78 is 5.61. The first-order valence-electron chi connectivity index (χ1n) is 6.12. The van der Waals surface area contributed by atoms with Crippen molar-refractivity contribution in [3.05, 3.63) is 57.4 Å². The first kappa shape index (κ1) is 14.4. The molecule has 0 unspecified atom stereocenters. The monoisotopic (exact) mass is 286 g/mol. The standard InChI is InChI=1S/C14H14N4O3/c1-8-5-9(2)13(12(6-8)18(19)20)21-10-3-4-17-11(7-10)14(15)16/h3-7H,1-2H3,(H3,15,16). The number of benzene rings is 1. The van der Waals surface area contributed by atoms with Crippen molar-refractivity contribution in [2.45, 2.75) is 13.8 Å². The molecule has 0 saturated carbocycles. The van der Waals surface area contributed by atoms with E-state index >= 15 is 0 Å². The number of nitrogen functional groups attached to an aromatic ring is 1. The minimum Gasteiger partial charge on any atom is -0.450 e. The number of amidine groups is 1. The third-order valence-corrected chi connectivity index (χ3v) is 2.82. The highest BCUT2D eigenvalue weighted by atomic mass is 16.6. The van der Waals surface area contributed by atoms with Gasteiger partial charge >= 0.3 is 5.69 Å². The Labute approximate surface area is 121 Å². The maximum Gasteiger partial charge on any atom is 0.312 e. The van der Waals surface area contributed by atoms with Gasteiger partial charge in [-0.1, -0.05) is 6.07 Å². The molecule has 0 radical (unpaired) electrons. The Balaban J connectivity index is 2.46. The van der Waals surface area contributed by atoms with Crippen molar-refractivity contribution < 1.29 is 9.66 Å². The van der Waals surface area contributed by atoms with Gasteiger partial charge in [0.15, 0.2) is 0 Å². The Hall–Kier alpha value is -2.96. The number of nitrogens with zero attached hydrogens (tertiary/aromatic N) is 2. The zero-order valence-electron chi connectivity index (χ0n) is 11.6. The highest BCUT2D eigenvalue weighted by Crippen LogP contribution is 2.35. The van der Waals surface area contributed by atoms with Crippen LogP contribution in [0, 0.1) is 29.4 Å². The van der Waals surface area contributed by atoms with Crippen molar-refractivity contribution in [1.82, 2.24) is 4.98 Å². The van der Waals surface area contributed by atoms with Gasteiger partial charge in [-0.15, -0.1) is 0 Å². The van der Waals surface area contributed by atoms with Crippen LogP contribution in [0.3, 0.4) is 0 Å². The van der Waals surface area contributed by atoms with Crippen LogP contribution in [-0.4, -0.2) is 15.7 Å². The number of nitrogens with two attached hydrogens (primary N) is 1. The van der Waals surface area contributed by atoms with Crippen LogP contribution >= 0.6 is 0 Å². The number of pyridine rings is 1. The van der Waals surface area contributed by atoms with Crippen molar-refractivity contribution in [2.75, 3.05) is 0 Å². The third kappa shape index (κ3) is 3.14. The number of nitro benzene ring substituents is 1. The molecule has 0 fully saturated rings. The molecule has 7 nitrogen and oxygen atoms in total. The number of rotatable bonds is 4. The van der Waals surface area contributed by atoms with Crippen molar-refractivity contribution in [3.8, 4) is 11.5 Å². The van der Waals surface area contributed by atoms with Gasteiger partial charge in [0.2, 0.25) is 5.75 Å². The second kappa shape index (κ2) is 5.58. The molecule has 21 heavy (non-hydrogen) atoms. The topological polar surface area (TPSA) is 115 Å². The molecule has 3 N–H and O–H groups in total. The molecule has 0 aliphatic carbocycles. The van der Waals surface area contributed by atoms with Crippen molar-refractivity contribution in [1.29, 1.82) is 5.41 Å². The fourth-order valence-corrected chi connectivity index (χ4v) is 1.94. The number of nitro groups is 1. The summed E-state index contributed by atoms with van der Waals surface area (Å²) in [5.41, 5.74) is 6.95. The lowest BCUT2D eigenvalue weighted by atomic mass is 10.1. The molecular weight excluding hydrogens is 272 g/mol. The Morgan fingerprint density at radius 3 is 2.71 bits per heavy atom. The highest BCUT2D eigenvalue weighted by molar-refractivity contribution is 5.93. The Kier molecular flexibility index (Phi) is 3.84. The van der Waals surface area contributed by atoms with E-state index in [0.29, 0.717) is 11.3 Å². The summed E-state index contributed by atoms with van der Waals surface area (Å²) in [5.74, 6) is 0.312. The summed E-state index contributed by atoms with van der Waals surface area (Å²) >= 11 is 0. The van der Waals surface area contributed by atoms with E-state index in [1.54, 1.807) is 26.0 Å². The number of hydrogen-bond acceptors (Lipinski definition) is 5. The second-order valence-corrected chi connectivity index (χ2v) is 4.58. The number of hydrogen-bond donors (Lipinski definition) is 2. The Morgan fingerprint density at radius 1 is 1.38 bits per heavy atom. The molecule has 0 atom stereocenters. The smallest absolute Gasteiger partial charge is 0.312 e. The molecule has 2 rings (SSSR count). The van der Waals surface area contributed by atoms with Gasteiger partial charge in [-0.05, 0) is 31.0 Å². The summed E-state index contributed by atoms with van der Waals surface area (Å²) in [6.45, 7) is 3.52. The number of aryl methyl sites for hydroxylation is 2. The summed E-state index contributed by atoms with van der Waals surface area (Å²) in [4.78, 5) is 14.6. The molecule has 108 valence electrons. The lowest BCUT2D eigenvalue weighted by Crippen LogP contribution is -2.12. The lowest BCUT2D eigenvalue weighted by molar-refractivity contribution is -0.385. The number of ether oxygens (including phenoxy) is 1. The lowest BCUT2D eigenvalue weighted by Gasteiger charge is -2.10. The van der Waals surface area contributed by atoms with Crippen LogP contribution in [-0.2, 0) is 0 Å². The zero-order chi connectivity index (χ0) is 15.6. The van der Waals surface area contributed by atoms with E-state index in [4.69, 9.17) is 15.9 Å². The molecule has 0 aliphatic rings. The molecule has 0 bridgehead atoms. The highest BCUT2D eigenvalue weighted by Gasteiger charge is 2.19. The molecule has 0 saturated heterocycles. The van der Waals surface area contributed by atoms with Gasteiger partial charge < -0.3 is 10.5 Å². The summed E-state index contributed by atoms with van der Waals surface area (Å²) in [6, 6.07) is 6.27. The third-order valence-electron chi connectivity index (χ3n) is 2.82. The summed E-state index contributed by atoms with van der Waals surface area (Å²) in [5, 5.41) is 18.5. The first-order chi connectivity index (χ1) is 9.88. The fraction of sp³-hybridized carbons (Fsp3) is 0.143. The SMILES string of the molecule is Cc1cc(C)c(Oc2ccnc(C(=N)N)c2)c([N+](=O)[O-])c1. The quantitative estimate of drug-likeness (QED) is 0.388. The summed E-state index contributed by atoms with van der Waals surface area (Å²) in [7, 11) is 0. The van der Waals surface area contributed by atoms with Crippen molar-refractivity contribution >= 4 is 11.5 Å². The van der Waals surface area contributed by atoms with E-state index in [-0.39, 0.29) is 23.0 Å². The number of nitrogens with one attached hydrogen (secondary N) is 1. The normalized spacial score (nSPS) is 10.2. The Bertz CT molecular complexity index is 728. The Morgan fingerprint density at radius 2 is 2.10 bits per heavy atom. The predicted molar refractivity (Wildman–Crippen MR) is 77.9 cm³/mol. The van der Waals surface area contributed by atoms with E-state index in [9.17, 15) is 10.1 Å². The van der Waals surface area contributed by atoms with Gasteiger partial charge in [-0.2, -0.15) is 0 Å². The molecule has 1 heterocycles. The molecule has 7 heteroatoms. The summed E-state index contributed by atoms with van der Waals surface area (Å²) in [6.07, 6.45) is 1.43. The van der Waals surface area contributed by atoms with Crippen molar-refractivity contribution in [2.24, 2.45) is 5.73 Å². The maximum absolute atomic E-state index is 11.2. The molecule has 2 aromatic rings. The van der Waals surface area contributed by atoms with Gasteiger partial charge in [0.25, 0.3) is 0 Å². The number of aromatic nitrogens is 1. The molecule has 1 aromatic heterocycles. The van der Waals surface area contributed by atoms with Gasteiger partial charge in [0, 0.05) is 18.3 Å². The van der Waals surface area contributed by atoms with Gasteiger partial charge in [0.1, 0.15) is 17.3 Å². The molecular formula is C14H14N4O3. The van der Waals surface area contributed by atoms with E-state index in [1.165, 1.54) is 18.3 Å².